The maximum Gasteiger partial charge on any atom is 0.0594 e. The summed E-state index contributed by atoms with van der Waals surface area (Å²) in [5, 5.41) is 3.41. The summed E-state index contributed by atoms with van der Waals surface area (Å²) in [6.07, 6.45) is 11.8. The van der Waals surface area contributed by atoms with Crippen molar-refractivity contribution >= 4 is 0 Å². The van der Waals surface area contributed by atoms with Crippen molar-refractivity contribution in [2.45, 2.75) is 64.4 Å². The van der Waals surface area contributed by atoms with Crippen molar-refractivity contribution in [2.24, 2.45) is 11.8 Å². The van der Waals surface area contributed by atoms with Crippen LogP contribution in [0.2, 0.25) is 0 Å². The molecular formula is C15H29NO. The van der Waals surface area contributed by atoms with Crippen molar-refractivity contribution in [3.63, 3.8) is 0 Å². The summed E-state index contributed by atoms with van der Waals surface area (Å²) < 4.78 is 6.02. The Balaban J connectivity index is 1.59. The van der Waals surface area contributed by atoms with Gasteiger partial charge in [0.25, 0.3) is 0 Å². The second-order valence-corrected chi connectivity index (χ2v) is 5.86. The number of hydrogen-bond donors (Lipinski definition) is 1. The Labute approximate surface area is 107 Å². The minimum atomic E-state index is 0.567. The van der Waals surface area contributed by atoms with Gasteiger partial charge >= 0.3 is 0 Å². The van der Waals surface area contributed by atoms with E-state index in [1.54, 1.807) is 0 Å². The fourth-order valence-corrected chi connectivity index (χ4v) is 3.58. The topological polar surface area (TPSA) is 21.3 Å². The normalized spacial score (nSPS) is 33.4. The Bertz CT molecular complexity index is 207. The van der Waals surface area contributed by atoms with E-state index in [0.29, 0.717) is 6.10 Å². The van der Waals surface area contributed by atoms with Crippen molar-refractivity contribution in [3.05, 3.63) is 0 Å². The molecule has 100 valence electrons. The fraction of sp³-hybridized carbons (Fsp3) is 1.00. The molecule has 2 aliphatic carbocycles. The van der Waals surface area contributed by atoms with Crippen molar-refractivity contribution in [2.75, 3.05) is 19.7 Å². The number of nitrogens with one attached hydrogen (secondary N) is 1. The Morgan fingerprint density at radius 3 is 2.65 bits per heavy atom. The molecule has 17 heavy (non-hydrogen) atoms. The smallest absolute Gasteiger partial charge is 0.0594 e. The second-order valence-electron chi connectivity index (χ2n) is 5.86. The van der Waals surface area contributed by atoms with Crippen LogP contribution in [-0.2, 0) is 4.74 Å². The molecule has 0 spiro atoms. The van der Waals surface area contributed by atoms with Gasteiger partial charge in [-0.1, -0.05) is 32.6 Å². The average molecular weight is 239 g/mol. The number of fused-ring (bicyclic) bond motifs is 1. The molecule has 1 N–H and O–H groups in total. The first-order chi connectivity index (χ1) is 8.40. The number of rotatable bonds is 6. The standard InChI is InChI=1S/C15H29NO/c1-2-9-16-10-11-17-15-8-7-13-5-3-4-6-14(13)12-15/h13-16H,2-12H2,1H3. The van der Waals surface area contributed by atoms with Crippen LogP contribution in [0.15, 0.2) is 0 Å². The summed E-state index contributed by atoms with van der Waals surface area (Å²) in [4.78, 5) is 0. The van der Waals surface area contributed by atoms with Gasteiger partial charge in [-0.15, -0.1) is 0 Å². The van der Waals surface area contributed by atoms with Gasteiger partial charge in [0.2, 0.25) is 0 Å². The molecule has 2 aliphatic rings. The molecule has 0 radical (unpaired) electrons. The van der Waals surface area contributed by atoms with E-state index in [4.69, 9.17) is 4.74 Å². The van der Waals surface area contributed by atoms with Crippen LogP contribution >= 0.6 is 0 Å². The first kappa shape index (κ1) is 13.4. The summed E-state index contributed by atoms with van der Waals surface area (Å²) in [6.45, 7) is 5.26. The average Bonchev–Trinajstić information content (AvgIpc) is 2.38. The van der Waals surface area contributed by atoms with Gasteiger partial charge in [0, 0.05) is 6.54 Å². The van der Waals surface area contributed by atoms with Crippen LogP contribution in [0, 0.1) is 11.8 Å². The highest BCUT2D eigenvalue weighted by molar-refractivity contribution is 4.83. The van der Waals surface area contributed by atoms with E-state index in [1.165, 1.54) is 51.4 Å². The predicted octanol–water partition coefficient (Wildman–Crippen LogP) is 3.36. The maximum atomic E-state index is 6.02. The van der Waals surface area contributed by atoms with Gasteiger partial charge < -0.3 is 10.1 Å². The molecular weight excluding hydrogens is 210 g/mol. The summed E-state index contributed by atoms with van der Waals surface area (Å²) in [7, 11) is 0. The van der Waals surface area contributed by atoms with E-state index in [9.17, 15) is 0 Å². The van der Waals surface area contributed by atoms with E-state index < -0.39 is 0 Å². The highest BCUT2D eigenvalue weighted by atomic mass is 16.5. The van der Waals surface area contributed by atoms with Crippen molar-refractivity contribution in [1.82, 2.24) is 5.32 Å². The largest absolute Gasteiger partial charge is 0.377 e. The van der Waals surface area contributed by atoms with Crippen molar-refractivity contribution < 1.29 is 4.74 Å². The van der Waals surface area contributed by atoms with Gasteiger partial charge in [-0.2, -0.15) is 0 Å². The number of hydrogen-bond acceptors (Lipinski definition) is 2. The van der Waals surface area contributed by atoms with Gasteiger partial charge in [0.1, 0.15) is 0 Å². The summed E-state index contributed by atoms with van der Waals surface area (Å²) in [6, 6.07) is 0. The van der Waals surface area contributed by atoms with Crippen molar-refractivity contribution in [3.8, 4) is 0 Å². The molecule has 0 amide bonds. The Hall–Kier alpha value is -0.0800. The molecule has 3 unspecified atom stereocenters. The molecule has 0 aromatic carbocycles. The monoisotopic (exact) mass is 239 g/mol. The van der Waals surface area contributed by atoms with Crippen LogP contribution < -0.4 is 5.32 Å². The van der Waals surface area contributed by atoms with Gasteiger partial charge in [-0.05, 0) is 44.1 Å². The van der Waals surface area contributed by atoms with E-state index in [0.717, 1.165) is 31.5 Å². The Kier molecular flexibility index (Phi) is 5.79. The summed E-state index contributed by atoms with van der Waals surface area (Å²) in [5.41, 5.74) is 0. The van der Waals surface area contributed by atoms with Crippen LogP contribution in [-0.4, -0.2) is 25.8 Å². The van der Waals surface area contributed by atoms with Crippen LogP contribution in [0.5, 0.6) is 0 Å². The van der Waals surface area contributed by atoms with Crippen LogP contribution in [0.3, 0.4) is 0 Å². The van der Waals surface area contributed by atoms with Crippen LogP contribution in [0.1, 0.15) is 58.3 Å². The van der Waals surface area contributed by atoms with Gasteiger partial charge in [-0.25, -0.2) is 0 Å². The molecule has 2 saturated carbocycles. The molecule has 2 fully saturated rings. The van der Waals surface area contributed by atoms with Crippen molar-refractivity contribution in [1.29, 1.82) is 0 Å². The molecule has 0 aromatic heterocycles. The zero-order valence-electron chi connectivity index (χ0n) is 11.4. The fourth-order valence-electron chi connectivity index (χ4n) is 3.58. The zero-order valence-corrected chi connectivity index (χ0v) is 11.4. The first-order valence-corrected chi connectivity index (χ1v) is 7.72. The first-order valence-electron chi connectivity index (χ1n) is 7.72. The maximum absolute atomic E-state index is 6.02. The quantitative estimate of drug-likeness (QED) is 0.718. The third-order valence-corrected chi connectivity index (χ3v) is 4.55. The van der Waals surface area contributed by atoms with Gasteiger partial charge in [0.15, 0.2) is 0 Å². The third kappa shape index (κ3) is 4.26. The summed E-state index contributed by atoms with van der Waals surface area (Å²) in [5.74, 6) is 2.04. The number of ether oxygens (including phenoxy) is 1. The van der Waals surface area contributed by atoms with Gasteiger partial charge in [0.05, 0.1) is 12.7 Å². The van der Waals surface area contributed by atoms with E-state index in [-0.39, 0.29) is 0 Å². The highest BCUT2D eigenvalue weighted by Gasteiger charge is 2.32. The molecule has 3 atom stereocenters. The molecule has 0 saturated heterocycles. The SMILES string of the molecule is CCCNCCOC1CCC2CCCCC2C1. The minimum absolute atomic E-state index is 0.567. The lowest BCUT2D eigenvalue weighted by Crippen LogP contribution is -2.33. The highest BCUT2D eigenvalue weighted by Crippen LogP contribution is 2.41. The predicted molar refractivity (Wildman–Crippen MR) is 72.2 cm³/mol. The van der Waals surface area contributed by atoms with E-state index in [2.05, 4.69) is 12.2 Å². The summed E-state index contributed by atoms with van der Waals surface area (Å²) >= 11 is 0. The molecule has 2 nitrogen and oxygen atoms in total. The van der Waals surface area contributed by atoms with Gasteiger partial charge in [-0.3, -0.25) is 0 Å². The molecule has 2 rings (SSSR count). The molecule has 0 bridgehead atoms. The lowest BCUT2D eigenvalue weighted by atomic mass is 9.70. The molecule has 2 heteroatoms. The Morgan fingerprint density at radius 2 is 1.82 bits per heavy atom. The van der Waals surface area contributed by atoms with Crippen LogP contribution in [0.25, 0.3) is 0 Å². The molecule has 0 aromatic rings. The molecule has 0 heterocycles. The van der Waals surface area contributed by atoms with E-state index in [1.807, 2.05) is 0 Å². The lowest BCUT2D eigenvalue weighted by Gasteiger charge is -2.39. The minimum Gasteiger partial charge on any atom is -0.377 e. The third-order valence-electron chi connectivity index (χ3n) is 4.55. The second kappa shape index (κ2) is 7.38. The zero-order chi connectivity index (χ0) is 11.9. The lowest BCUT2D eigenvalue weighted by molar-refractivity contribution is -0.0112. The Morgan fingerprint density at radius 1 is 1.00 bits per heavy atom. The van der Waals surface area contributed by atoms with Crippen LogP contribution in [0.4, 0.5) is 0 Å². The van der Waals surface area contributed by atoms with E-state index >= 15 is 0 Å². The molecule has 0 aliphatic heterocycles.